The molecule has 14 heavy (non-hydrogen) atoms. The Morgan fingerprint density at radius 1 is 1.43 bits per heavy atom. The van der Waals surface area contributed by atoms with Crippen LogP contribution >= 0.6 is 15.9 Å². The average molecular weight is 260 g/mol. The van der Waals surface area contributed by atoms with Crippen molar-refractivity contribution in [3.05, 3.63) is 34.1 Å². The molecule has 0 amide bonds. The van der Waals surface area contributed by atoms with E-state index in [4.69, 9.17) is 0 Å². The summed E-state index contributed by atoms with van der Waals surface area (Å²) in [5.41, 5.74) is 1.10. The van der Waals surface area contributed by atoms with E-state index in [-0.39, 0.29) is 5.82 Å². The summed E-state index contributed by atoms with van der Waals surface area (Å²) in [5, 5.41) is 3.30. The minimum absolute atomic E-state index is 0.211. The smallest absolute Gasteiger partial charge is 0.137 e. The van der Waals surface area contributed by atoms with Crippen molar-refractivity contribution in [3.63, 3.8) is 0 Å². The van der Waals surface area contributed by atoms with Gasteiger partial charge in [0.1, 0.15) is 5.82 Å². The van der Waals surface area contributed by atoms with Gasteiger partial charge < -0.3 is 5.32 Å². The number of halogens is 2. The summed E-state index contributed by atoms with van der Waals surface area (Å²) >= 11 is 3.16. The Hall–Kier alpha value is -0.410. The molecular formula is C11H15BrFN. The molecule has 1 rings (SSSR count). The highest BCUT2D eigenvalue weighted by atomic mass is 79.9. The van der Waals surface area contributed by atoms with E-state index in [2.05, 4.69) is 35.1 Å². The van der Waals surface area contributed by atoms with Crippen LogP contribution in [0, 0.1) is 11.7 Å². The van der Waals surface area contributed by atoms with Gasteiger partial charge in [0.2, 0.25) is 0 Å². The molecule has 0 saturated heterocycles. The topological polar surface area (TPSA) is 12.0 Å². The largest absolute Gasteiger partial charge is 0.312 e. The highest BCUT2D eigenvalue weighted by Crippen LogP contribution is 2.16. The summed E-state index contributed by atoms with van der Waals surface area (Å²) in [6.45, 7) is 6.09. The predicted octanol–water partition coefficient (Wildman–Crippen LogP) is 3.33. The monoisotopic (exact) mass is 259 g/mol. The maximum atomic E-state index is 12.9. The molecule has 0 fully saturated rings. The second-order valence-electron chi connectivity index (χ2n) is 3.77. The van der Waals surface area contributed by atoms with Crippen LogP contribution in [-0.4, -0.2) is 6.54 Å². The first-order chi connectivity index (χ1) is 6.59. The van der Waals surface area contributed by atoms with E-state index in [1.54, 1.807) is 6.07 Å². The standard InChI is InChI=1S/C11H15BrFN/c1-8(2)6-14-7-9-3-4-11(13)10(12)5-9/h3-5,8,14H,6-7H2,1-2H3. The molecule has 0 aliphatic heterocycles. The van der Waals surface area contributed by atoms with Gasteiger partial charge in [-0.3, -0.25) is 0 Å². The predicted molar refractivity (Wildman–Crippen MR) is 60.6 cm³/mol. The Morgan fingerprint density at radius 3 is 2.71 bits per heavy atom. The summed E-state index contributed by atoms with van der Waals surface area (Å²) in [6.07, 6.45) is 0. The molecule has 1 N–H and O–H groups in total. The van der Waals surface area contributed by atoms with Crippen molar-refractivity contribution in [2.75, 3.05) is 6.54 Å². The van der Waals surface area contributed by atoms with Gasteiger partial charge in [-0.15, -0.1) is 0 Å². The van der Waals surface area contributed by atoms with Crippen molar-refractivity contribution in [1.82, 2.24) is 5.32 Å². The zero-order chi connectivity index (χ0) is 10.6. The molecule has 1 nitrogen and oxygen atoms in total. The Kier molecular flexibility index (Phi) is 4.55. The Balaban J connectivity index is 2.47. The fourth-order valence-corrected chi connectivity index (χ4v) is 1.58. The maximum absolute atomic E-state index is 12.9. The van der Waals surface area contributed by atoms with Crippen molar-refractivity contribution in [2.24, 2.45) is 5.92 Å². The van der Waals surface area contributed by atoms with E-state index >= 15 is 0 Å². The molecule has 78 valence electrons. The summed E-state index contributed by atoms with van der Waals surface area (Å²) in [4.78, 5) is 0. The van der Waals surface area contributed by atoms with Crippen LogP contribution in [0.5, 0.6) is 0 Å². The molecule has 3 heteroatoms. The van der Waals surface area contributed by atoms with Gasteiger partial charge >= 0.3 is 0 Å². The van der Waals surface area contributed by atoms with Gasteiger partial charge in [0.05, 0.1) is 4.47 Å². The number of nitrogens with one attached hydrogen (secondary N) is 1. The van der Waals surface area contributed by atoms with Gasteiger partial charge in [-0.05, 0) is 46.1 Å². The highest BCUT2D eigenvalue weighted by molar-refractivity contribution is 9.10. The first-order valence-corrected chi connectivity index (χ1v) is 5.53. The van der Waals surface area contributed by atoms with Crippen LogP contribution in [0.25, 0.3) is 0 Å². The first-order valence-electron chi connectivity index (χ1n) is 4.74. The number of rotatable bonds is 4. The minimum atomic E-state index is -0.211. The van der Waals surface area contributed by atoms with Gasteiger partial charge in [0.25, 0.3) is 0 Å². The zero-order valence-corrected chi connectivity index (χ0v) is 10.1. The second kappa shape index (κ2) is 5.47. The molecule has 0 bridgehead atoms. The fourth-order valence-electron chi connectivity index (χ4n) is 1.15. The third kappa shape index (κ3) is 3.76. The lowest BCUT2D eigenvalue weighted by Crippen LogP contribution is -2.18. The van der Waals surface area contributed by atoms with E-state index < -0.39 is 0 Å². The molecule has 0 spiro atoms. The molecule has 0 atom stereocenters. The van der Waals surface area contributed by atoms with Crippen molar-refractivity contribution < 1.29 is 4.39 Å². The van der Waals surface area contributed by atoms with Crippen LogP contribution in [0.4, 0.5) is 4.39 Å². The molecule has 0 saturated carbocycles. The Bertz CT molecular complexity index is 299. The van der Waals surface area contributed by atoms with E-state index in [1.165, 1.54) is 6.07 Å². The second-order valence-corrected chi connectivity index (χ2v) is 4.63. The van der Waals surface area contributed by atoms with Crippen LogP contribution in [0.15, 0.2) is 22.7 Å². The van der Waals surface area contributed by atoms with Gasteiger partial charge in [0, 0.05) is 6.54 Å². The maximum Gasteiger partial charge on any atom is 0.137 e. The normalized spacial score (nSPS) is 10.9. The highest BCUT2D eigenvalue weighted by Gasteiger charge is 2.00. The summed E-state index contributed by atoms with van der Waals surface area (Å²) in [7, 11) is 0. The molecule has 0 heterocycles. The van der Waals surface area contributed by atoms with Crippen molar-refractivity contribution in [3.8, 4) is 0 Å². The SMILES string of the molecule is CC(C)CNCc1ccc(F)c(Br)c1. The van der Waals surface area contributed by atoms with Crippen LogP contribution in [0.1, 0.15) is 19.4 Å². The van der Waals surface area contributed by atoms with E-state index in [0.717, 1.165) is 18.7 Å². The molecule has 0 aliphatic carbocycles. The molecule has 0 unspecified atom stereocenters. The van der Waals surface area contributed by atoms with E-state index in [0.29, 0.717) is 10.4 Å². The molecule has 0 aromatic heterocycles. The van der Waals surface area contributed by atoms with Gasteiger partial charge in [-0.1, -0.05) is 19.9 Å². The molecule has 1 aromatic rings. The fraction of sp³-hybridized carbons (Fsp3) is 0.455. The van der Waals surface area contributed by atoms with Gasteiger partial charge in [0.15, 0.2) is 0 Å². The van der Waals surface area contributed by atoms with Crippen molar-refractivity contribution >= 4 is 15.9 Å². The lowest BCUT2D eigenvalue weighted by Gasteiger charge is -2.07. The van der Waals surface area contributed by atoms with Gasteiger partial charge in [-0.2, -0.15) is 0 Å². The minimum Gasteiger partial charge on any atom is -0.312 e. The molecule has 0 radical (unpaired) electrons. The number of benzene rings is 1. The zero-order valence-electron chi connectivity index (χ0n) is 8.48. The summed E-state index contributed by atoms with van der Waals surface area (Å²) in [5.74, 6) is 0.427. The Labute approximate surface area is 92.8 Å². The lowest BCUT2D eigenvalue weighted by atomic mass is 10.2. The van der Waals surface area contributed by atoms with Crippen LogP contribution in [0.2, 0.25) is 0 Å². The van der Waals surface area contributed by atoms with Gasteiger partial charge in [-0.25, -0.2) is 4.39 Å². The molecule has 1 aromatic carbocycles. The third-order valence-electron chi connectivity index (χ3n) is 1.87. The number of hydrogen-bond donors (Lipinski definition) is 1. The lowest BCUT2D eigenvalue weighted by molar-refractivity contribution is 0.551. The molecular weight excluding hydrogens is 245 g/mol. The van der Waals surface area contributed by atoms with Crippen LogP contribution in [-0.2, 0) is 6.54 Å². The van der Waals surface area contributed by atoms with E-state index in [1.807, 2.05) is 6.07 Å². The van der Waals surface area contributed by atoms with Crippen LogP contribution in [0.3, 0.4) is 0 Å². The quantitative estimate of drug-likeness (QED) is 0.875. The summed E-state index contributed by atoms with van der Waals surface area (Å²) < 4.78 is 13.4. The third-order valence-corrected chi connectivity index (χ3v) is 2.47. The summed E-state index contributed by atoms with van der Waals surface area (Å²) in [6, 6.07) is 5.09. The average Bonchev–Trinajstić information content (AvgIpc) is 2.10. The molecule has 0 aliphatic rings. The first kappa shape index (κ1) is 11.7. The van der Waals surface area contributed by atoms with Crippen molar-refractivity contribution in [2.45, 2.75) is 20.4 Å². The van der Waals surface area contributed by atoms with E-state index in [9.17, 15) is 4.39 Å². The van der Waals surface area contributed by atoms with Crippen molar-refractivity contribution in [1.29, 1.82) is 0 Å². The number of hydrogen-bond acceptors (Lipinski definition) is 1. The van der Waals surface area contributed by atoms with Crippen LogP contribution < -0.4 is 5.32 Å². The Morgan fingerprint density at radius 2 is 2.14 bits per heavy atom.